The topological polar surface area (TPSA) is 50.9 Å². The lowest BCUT2D eigenvalue weighted by Gasteiger charge is -2.11. The standard InChI is InChI=1S/C15H11ClFN3/c16-9-1-3-10(4-2-9)20-15-14-11(7-8-19-15)12(17)5-6-13(14)18/h1-8H,18H2,(H,19,20). The van der Waals surface area contributed by atoms with Crippen LogP contribution in [-0.2, 0) is 0 Å². The van der Waals surface area contributed by atoms with Gasteiger partial charge in [0.05, 0.1) is 5.39 Å². The van der Waals surface area contributed by atoms with Gasteiger partial charge in [-0.25, -0.2) is 9.37 Å². The Kier molecular flexibility index (Phi) is 3.16. The van der Waals surface area contributed by atoms with Crippen molar-refractivity contribution in [2.75, 3.05) is 11.1 Å². The number of rotatable bonds is 2. The van der Waals surface area contributed by atoms with E-state index < -0.39 is 0 Å². The number of aromatic nitrogens is 1. The first-order valence-corrected chi connectivity index (χ1v) is 6.38. The molecule has 0 atom stereocenters. The Labute approximate surface area is 120 Å². The maximum atomic E-state index is 13.8. The highest BCUT2D eigenvalue weighted by Gasteiger charge is 2.09. The fraction of sp³-hybridized carbons (Fsp3) is 0. The predicted octanol–water partition coefficient (Wildman–Crippen LogP) is 4.35. The van der Waals surface area contributed by atoms with Gasteiger partial charge in [0.15, 0.2) is 0 Å². The Morgan fingerprint density at radius 1 is 1.05 bits per heavy atom. The molecule has 1 aromatic heterocycles. The zero-order valence-electron chi connectivity index (χ0n) is 10.4. The lowest BCUT2D eigenvalue weighted by atomic mass is 10.1. The van der Waals surface area contributed by atoms with Gasteiger partial charge in [-0.15, -0.1) is 0 Å². The number of benzene rings is 2. The van der Waals surface area contributed by atoms with Crippen molar-refractivity contribution in [2.24, 2.45) is 0 Å². The van der Waals surface area contributed by atoms with Crippen molar-refractivity contribution in [2.45, 2.75) is 0 Å². The molecule has 2 aromatic carbocycles. The van der Waals surface area contributed by atoms with Crippen LogP contribution in [-0.4, -0.2) is 4.98 Å². The van der Waals surface area contributed by atoms with Crippen molar-refractivity contribution in [1.29, 1.82) is 0 Å². The smallest absolute Gasteiger partial charge is 0.140 e. The van der Waals surface area contributed by atoms with E-state index >= 15 is 0 Å². The molecule has 0 bridgehead atoms. The summed E-state index contributed by atoms with van der Waals surface area (Å²) in [5.74, 6) is 0.192. The monoisotopic (exact) mass is 287 g/mol. The molecule has 3 nitrogen and oxygen atoms in total. The Hall–Kier alpha value is -2.33. The quantitative estimate of drug-likeness (QED) is 0.689. The van der Waals surface area contributed by atoms with Crippen LogP contribution < -0.4 is 11.1 Å². The molecule has 0 unspecified atom stereocenters. The summed E-state index contributed by atoms with van der Waals surface area (Å²) >= 11 is 5.84. The first-order valence-electron chi connectivity index (χ1n) is 6.00. The molecule has 0 fully saturated rings. The van der Waals surface area contributed by atoms with Gasteiger partial charge in [0.25, 0.3) is 0 Å². The number of halogens is 2. The summed E-state index contributed by atoms with van der Waals surface area (Å²) in [6.07, 6.45) is 1.54. The molecular weight excluding hydrogens is 277 g/mol. The second-order valence-corrected chi connectivity index (χ2v) is 4.79. The molecule has 3 N–H and O–H groups in total. The number of nitrogen functional groups attached to an aromatic ring is 1. The number of hydrogen-bond acceptors (Lipinski definition) is 3. The van der Waals surface area contributed by atoms with Gasteiger partial charge in [0, 0.05) is 28.0 Å². The molecule has 0 saturated heterocycles. The lowest BCUT2D eigenvalue weighted by Crippen LogP contribution is -1.98. The zero-order chi connectivity index (χ0) is 14.1. The van der Waals surface area contributed by atoms with E-state index in [1.807, 2.05) is 12.1 Å². The van der Waals surface area contributed by atoms with Crippen molar-refractivity contribution in [1.82, 2.24) is 4.98 Å². The highest BCUT2D eigenvalue weighted by atomic mass is 35.5. The first kappa shape index (κ1) is 12.7. The summed E-state index contributed by atoms with van der Waals surface area (Å²) in [6, 6.07) is 11.7. The fourth-order valence-electron chi connectivity index (χ4n) is 2.05. The second kappa shape index (κ2) is 4.98. The van der Waals surface area contributed by atoms with Crippen molar-refractivity contribution >= 4 is 39.6 Å². The number of pyridine rings is 1. The molecule has 0 spiro atoms. The van der Waals surface area contributed by atoms with E-state index in [1.54, 1.807) is 24.4 Å². The molecule has 20 heavy (non-hydrogen) atoms. The number of fused-ring (bicyclic) bond motifs is 1. The van der Waals surface area contributed by atoms with Gasteiger partial charge in [-0.1, -0.05) is 11.6 Å². The van der Waals surface area contributed by atoms with Crippen LogP contribution in [0.3, 0.4) is 0 Å². The van der Waals surface area contributed by atoms with Gasteiger partial charge in [0.2, 0.25) is 0 Å². The van der Waals surface area contributed by atoms with Gasteiger partial charge in [-0.2, -0.15) is 0 Å². The van der Waals surface area contributed by atoms with Crippen LogP contribution in [0.2, 0.25) is 5.02 Å². The van der Waals surface area contributed by atoms with Gasteiger partial charge in [-0.3, -0.25) is 0 Å². The third-order valence-electron chi connectivity index (χ3n) is 3.01. The molecule has 5 heteroatoms. The summed E-state index contributed by atoms with van der Waals surface area (Å²) < 4.78 is 13.8. The van der Waals surface area contributed by atoms with Gasteiger partial charge in [0.1, 0.15) is 11.6 Å². The number of nitrogens with two attached hydrogens (primary N) is 1. The van der Waals surface area contributed by atoms with E-state index in [2.05, 4.69) is 10.3 Å². The SMILES string of the molecule is Nc1ccc(F)c2ccnc(Nc3ccc(Cl)cc3)c12. The van der Waals surface area contributed by atoms with Crippen LogP contribution in [0.1, 0.15) is 0 Å². The molecule has 3 aromatic rings. The maximum absolute atomic E-state index is 13.8. The number of nitrogens with one attached hydrogen (secondary N) is 1. The van der Waals surface area contributed by atoms with Crippen LogP contribution in [0.25, 0.3) is 10.8 Å². The third-order valence-corrected chi connectivity index (χ3v) is 3.27. The van der Waals surface area contributed by atoms with Crippen molar-refractivity contribution in [3.8, 4) is 0 Å². The van der Waals surface area contributed by atoms with Crippen LogP contribution >= 0.6 is 11.6 Å². The molecule has 1 heterocycles. The van der Waals surface area contributed by atoms with E-state index in [0.29, 0.717) is 27.3 Å². The Morgan fingerprint density at radius 2 is 1.80 bits per heavy atom. The van der Waals surface area contributed by atoms with Gasteiger partial charge >= 0.3 is 0 Å². The molecule has 0 aliphatic heterocycles. The molecule has 0 aliphatic rings. The molecule has 3 rings (SSSR count). The first-order chi connectivity index (χ1) is 9.65. The lowest BCUT2D eigenvalue weighted by molar-refractivity contribution is 0.640. The minimum absolute atomic E-state index is 0.323. The molecule has 0 saturated carbocycles. The Bertz CT molecular complexity index is 772. The Morgan fingerprint density at radius 3 is 2.55 bits per heavy atom. The van der Waals surface area contributed by atoms with Crippen molar-refractivity contribution in [3.05, 3.63) is 59.5 Å². The summed E-state index contributed by atoms with van der Waals surface area (Å²) in [5.41, 5.74) is 7.22. The average Bonchev–Trinajstić information content (AvgIpc) is 2.46. The minimum Gasteiger partial charge on any atom is -0.398 e. The fourth-order valence-corrected chi connectivity index (χ4v) is 2.18. The zero-order valence-corrected chi connectivity index (χ0v) is 11.2. The molecular formula is C15H11ClFN3. The van der Waals surface area contributed by atoms with Crippen LogP contribution in [0.15, 0.2) is 48.7 Å². The third kappa shape index (κ3) is 2.26. The molecule has 0 amide bonds. The summed E-state index contributed by atoms with van der Waals surface area (Å²) in [4.78, 5) is 4.24. The summed E-state index contributed by atoms with van der Waals surface area (Å²) in [6.45, 7) is 0. The highest BCUT2D eigenvalue weighted by Crippen LogP contribution is 2.31. The van der Waals surface area contributed by atoms with E-state index in [9.17, 15) is 4.39 Å². The minimum atomic E-state index is -0.323. The molecule has 100 valence electrons. The second-order valence-electron chi connectivity index (χ2n) is 4.35. The molecule has 0 radical (unpaired) electrons. The number of anilines is 3. The van der Waals surface area contributed by atoms with Crippen LogP contribution in [0.5, 0.6) is 0 Å². The number of hydrogen-bond donors (Lipinski definition) is 2. The largest absolute Gasteiger partial charge is 0.398 e. The Balaban J connectivity index is 2.12. The van der Waals surface area contributed by atoms with Crippen LogP contribution in [0.4, 0.5) is 21.6 Å². The van der Waals surface area contributed by atoms with E-state index in [0.717, 1.165) is 5.69 Å². The average molecular weight is 288 g/mol. The van der Waals surface area contributed by atoms with Crippen molar-refractivity contribution < 1.29 is 4.39 Å². The van der Waals surface area contributed by atoms with Gasteiger partial charge in [-0.05, 0) is 42.5 Å². The van der Waals surface area contributed by atoms with Crippen molar-refractivity contribution in [3.63, 3.8) is 0 Å². The van der Waals surface area contributed by atoms with Gasteiger partial charge < -0.3 is 11.1 Å². The van der Waals surface area contributed by atoms with E-state index in [4.69, 9.17) is 17.3 Å². The normalized spacial score (nSPS) is 10.7. The van der Waals surface area contributed by atoms with Crippen LogP contribution in [0, 0.1) is 5.82 Å². The predicted molar refractivity (Wildman–Crippen MR) is 80.8 cm³/mol. The van der Waals surface area contributed by atoms with E-state index in [1.165, 1.54) is 12.1 Å². The highest BCUT2D eigenvalue weighted by molar-refractivity contribution is 6.30. The number of nitrogens with zero attached hydrogens (tertiary/aromatic N) is 1. The molecule has 0 aliphatic carbocycles. The van der Waals surface area contributed by atoms with E-state index in [-0.39, 0.29) is 5.82 Å². The summed E-state index contributed by atoms with van der Waals surface area (Å²) in [5, 5.41) is 4.78. The summed E-state index contributed by atoms with van der Waals surface area (Å²) in [7, 11) is 0. The maximum Gasteiger partial charge on any atom is 0.140 e.